The number of nitriles is 1. The Balaban J connectivity index is 1.35. The minimum absolute atomic E-state index is 0.0482. The molecule has 49 heavy (non-hydrogen) atoms. The smallest absolute Gasteiger partial charge is 0.431 e. The van der Waals surface area contributed by atoms with Crippen LogP contribution >= 0.6 is 11.8 Å². The molecule has 0 amide bonds. The van der Waals surface area contributed by atoms with Crippen LogP contribution in [0.25, 0.3) is 22.3 Å². The highest BCUT2D eigenvalue weighted by Crippen LogP contribution is 2.44. The number of aromatic nitrogens is 2. The second-order valence-electron chi connectivity index (χ2n) is 9.76. The van der Waals surface area contributed by atoms with Crippen LogP contribution in [0.4, 0.5) is 0 Å². The zero-order chi connectivity index (χ0) is 35.1. The molecule has 0 unspecified atom stereocenters. The number of methoxy groups -OCH3 is 5. The molecular formula is C32H29N3O12S2. The van der Waals surface area contributed by atoms with Crippen molar-refractivity contribution in [2.45, 2.75) is 16.5 Å². The van der Waals surface area contributed by atoms with Crippen molar-refractivity contribution in [3.8, 4) is 58.0 Å². The molecule has 0 radical (unpaired) electrons. The molecule has 5 aromatic rings. The van der Waals surface area contributed by atoms with Gasteiger partial charge in [-0.25, -0.2) is 0 Å². The molecule has 15 nitrogen and oxygen atoms in total. The van der Waals surface area contributed by atoms with Crippen LogP contribution in [0.2, 0.25) is 0 Å². The van der Waals surface area contributed by atoms with E-state index >= 15 is 0 Å². The Kier molecular flexibility index (Phi) is 10.7. The van der Waals surface area contributed by atoms with E-state index in [-0.39, 0.29) is 45.0 Å². The van der Waals surface area contributed by atoms with Crippen molar-refractivity contribution in [3.63, 3.8) is 0 Å². The number of rotatable bonds is 15. The van der Waals surface area contributed by atoms with Crippen molar-refractivity contribution < 1.29 is 49.9 Å². The van der Waals surface area contributed by atoms with Crippen molar-refractivity contribution in [2.24, 2.45) is 0 Å². The van der Waals surface area contributed by atoms with Gasteiger partial charge in [0.1, 0.15) is 27.4 Å². The summed E-state index contributed by atoms with van der Waals surface area (Å²) >= 11 is 1.12. The van der Waals surface area contributed by atoms with Crippen molar-refractivity contribution in [1.29, 1.82) is 5.26 Å². The normalized spacial score (nSPS) is 11.1. The summed E-state index contributed by atoms with van der Waals surface area (Å²) in [6.07, 6.45) is -0.184. The molecule has 0 aliphatic heterocycles. The standard InChI is InChI=1S/C32H29N3O12S2/c1-39-20-15-22(40-2)26-23(16-20)45-28(19-13-24(41-3)29(43-5)25(14-19)42-4)30(27(26)36)44-11-6-12-48-32-35-34-31(46-32)47-49(37,38)21-9-7-18(17-33)8-10-21/h7-10,13-16H,6,11-12H2,1-5H3. The molecule has 0 N–H and O–H groups in total. The maximum atomic E-state index is 14.0. The predicted octanol–water partition coefficient (Wildman–Crippen LogP) is 5.09. The van der Waals surface area contributed by atoms with E-state index in [1.165, 1.54) is 59.8 Å². The average Bonchev–Trinajstić information content (AvgIpc) is 3.56. The van der Waals surface area contributed by atoms with E-state index in [9.17, 15) is 13.2 Å². The Hall–Kier alpha value is -5.60. The van der Waals surface area contributed by atoms with Crippen LogP contribution in [0.1, 0.15) is 12.0 Å². The summed E-state index contributed by atoms with van der Waals surface area (Å²) in [5.41, 5.74) is 0.413. The van der Waals surface area contributed by atoms with Gasteiger partial charge in [-0.2, -0.15) is 13.7 Å². The van der Waals surface area contributed by atoms with Crippen LogP contribution in [0, 0.1) is 11.3 Å². The first-order valence-electron chi connectivity index (χ1n) is 14.2. The van der Waals surface area contributed by atoms with Gasteiger partial charge in [-0.1, -0.05) is 22.0 Å². The van der Waals surface area contributed by atoms with E-state index < -0.39 is 21.6 Å². The Morgan fingerprint density at radius 2 is 1.53 bits per heavy atom. The molecule has 0 saturated heterocycles. The lowest BCUT2D eigenvalue weighted by molar-refractivity contribution is 0.308. The van der Waals surface area contributed by atoms with E-state index in [0.717, 1.165) is 11.8 Å². The van der Waals surface area contributed by atoms with Crippen LogP contribution in [0.15, 0.2) is 72.3 Å². The lowest BCUT2D eigenvalue weighted by Gasteiger charge is -2.16. The van der Waals surface area contributed by atoms with Gasteiger partial charge in [-0.15, -0.1) is 0 Å². The summed E-state index contributed by atoms with van der Waals surface area (Å²) in [6, 6.07) is 13.4. The molecule has 0 aliphatic carbocycles. The highest BCUT2D eigenvalue weighted by Gasteiger charge is 2.25. The summed E-state index contributed by atoms with van der Waals surface area (Å²) in [7, 11) is 3.05. The van der Waals surface area contributed by atoms with Crippen molar-refractivity contribution in [2.75, 3.05) is 47.9 Å². The summed E-state index contributed by atoms with van der Waals surface area (Å²) < 4.78 is 75.0. The van der Waals surface area contributed by atoms with Gasteiger partial charge in [-0.3, -0.25) is 4.79 Å². The first kappa shape index (κ1) is 34.7. The third-order valence-corrected chi connectivity index (χ3v) is 8.99. The monoisotopic (exact) mass is 711 g/mol. The Morgan fingerprint density at radius 3 is 2.14 bits per heavy atom. The third-order valence-electron chi connectivity index (χ3n) is 6.88. The highest BCUT2D eigenvalue weighted by atomic mass is 32.2. The van der Waals surface area contributed by atoms with Gasteiger partial charge < -0.3 is 41.4 Å². The molecule has 0 aliphatic rings. The molecular weight excluding hydrogens is 682 g/mol. The summed E-state index contributed by atoms with van der Waals surface area (Å²) in [5.74, 6) is 2.05. The molecule has 0 bridgehead atoms. The van der Waals surface area contributed by atoms with Crippen molar-refractivity contribution in [1.82, 2.24) is 10.2 Å². The quantitative estimate of drug-likeness (QED) is 0.0792. The number of nitrogens with zero attached hydrogens (tertiary/aromatic N) is 3. The van der Waals surface area contributed by atoms with Gasteiger partial charge in [0.2, 0.25) is 16.9 Å². The fourth-order valence-corrected chi connectivity index (χ4v) is 6.06. The molecule has 2 heterocycles. The minimum atomic E-state index is -4.27. The lowest BCUT2D eigenvalue weighted by atomic mass is 10.1. The van der Waals surface area contributed by atoms with Crippen molar-refractivity contribution in [3.05, 3.63) is 64.3 Å². The van der Waals surface area contributed by atoms with Crippen molar-refractivity contribution >= 4 is 32.8 Å². The maximum absolute atomic E-state index is 14.0. The summed E-state index contributed by atoms with van der Waals surface area (Å²) in [6.45, 7) is 0.0593. The second kappa shape index (κ2) is 15.1. The van der Waals surface area contributed by atoms with E-state index in [4.69, 9.17) is 46.7 Å². The van der Waals surface area contributed by atoms with E-state index in [0.29, 0.717) is 46.3 Å². The number of hydrogen-bond donors (Lipinski definition) is 0. The van der Waals surface area contributed by atoms with E-state index in [1.54, 1.807) is 24.3 Å². The first-order valence-corrected chi connectivity index (χ1v) is 16.6. The lowest BCUT2D eigenvalue weighted by Crippen LogP contribution is -2.12. The molecule has 0 fully saturated rings. The molecule has 3 aromatic carbocycles. The SMILES string of the molecule is COc1cc(OC)c2c(=O)c(OCCCSc3nnc(OS(=O)(=O)c4ccc(C#N)cc4)o3)c(-c3cc(OC)c(OC)c(OC)c3)oc2c1. The van der Waals surface area contributed by atoms with Gasteiger partial charge in [0.15, 0.2) is 17.3 Å². The average molecular weight is 712 g/mol. The predicted molar refractivity (Wildman–Crippen MR) is 175 cm³/mol. The van der Waals surface area contributed by atoms with Gasteiger partial charge in [-0.05, 0) is 42.8 Å². The highest BCUT2D eigenvalue weighted by molar-refractivity contribution is 7.99. The largest absolute Gasteiger partial charge is 0.496 e. The zero-order valence-corrected chi connectivity index (χ0v) is 28.4. The minimum Gasteiger partial charge on any atom is -0.496 e. The Morgan fingerprint density at radius 1 is 0.837 bits per heavy atom. The number of fused-ring (bicyclic) bond motifs is 1. The van der Waals surface area contributed by atoms with Gasteiger partial charge >= 0.3 is 16.2 Å². The number of hydrogen-bond acceptors (Lipinski definition) is 16. The van der Waals surface area contributed by atoms with Crippen LogP contribution in [0.3, 0.4) is 0 Å². The summed E-state index contributed by atoms with van der Waals surface area (Å²) in [4.78, 5) is 13.8. The van der Waals surface area contributed by atoms with Crippen LogP contribution in [-0.2, 0) is 10.1 Å². The van der Waals surface area contributed by atoms with E-state index in [2.05, 4.69) is 10.2 Å². The summed E-state index contributed by atoms with van der Waals surface area (Å²) in [5, 5.41) is 16.6. The molecule has 17 heteroatoms. The van der Waals surface area contributed by atoms with E-state index in [1.807, 2.05) is 6.07 Å². The maximum Gasteiger partial charge on any atom is 0.431 e. The fraction of sp³-hybridized carbons (Fsp3) is 0.250. The molecule has 0 saturated carbocycles. The molecule has 0 spiro atoms. The molecule has 256 valence electrons. The zero-order valence-electron chi connectivity index (χ0n) is 26.8. The van der Waals surface area contributed by atoms with Gasteiger partial charge in [0.05, 0.1) is 53.8 Å². The van der Waals surface area contributed by atoms with Gasteiger partial charge in [0.25, 0.3) is 5.22 Å². The number of benzene rings is 3. The number of thioether (sulfide) groups is 1. The fourth-order valence-electron chi connectivity index (χ4n) is 4.58. The van der Waals surface area contributed by atoms with Crippen LogP contribution in [0.5, 0.6) is 40.6 Å². The third kappa shape index (κ3) is 7.45. The number of ether oxygens (including phenoxy) is 6. The van der Waals surface area contributed by atoms with Gasteiger partial charge in [0, 0.05) is 23.4 Å². The topological polar surface area (TPSA) is 192 Å². The molecule has 5 rings (SSSR count). The van der Waals surface area contributed by atoms with Crippen LogP contribution < -0.4 is 38.0 Å². The van der Waals surface area contributed by atoms with Crippen LogP contribution in [-0.4, -0.2) is 66.5 Å². The Bertz CT molecular complexity index is 2150. The Labute approximate surface area is 284 Å². The molecule has 0 atom stereocenters. The second-order valence-corrected chi connectivity index (χ2v) is 12.4. The molecule has 2 aromatic heterocycles. The first-order chi connectivity index (χ1) is 23.7.